The van der Waals surface area contributed by atoms with E-state index in [9.17, 15) is 14.4 Å². The monoisotopic (exact) mass is 554 g/mol. The number of esters is 1. The van der Waals surface area contributed by atoms with Crippen molar-refractivity contribution in [1.82, 2.24) is 4.90 Å². The number of fused-ring (bicyclic) bond motifs is 1. The molecule has 3 aromatic carbocycles. The van der Waals surface area contributed by atoms with Gasteiger partial charge in [0.25, 0.3) is 11.8 Å². The van der Waals surface area contributed by atoms with E-state index in [2.05, 4.69) is 32.0 Å². The Morgan fingerprint density at radius 3 is 2.45 bits per heavy atom. The molecule has 0 saturated carbocycles. The number of nitrogens with zero attached hydrogens (tertiary/aromatic N) is 2. The predicted octanol–water partition coefficient (Wildman–Crippen LogP) is 6.40. The summed E-state index contributed by atoms with van der Waals surface area (Å²) in [6.45, 7) is 7.90. The van der Waals surface area contributed by atoms with Gasteiger partial charge in [0.1, 0.15) is 0 Å². The van der Waals surface area contributed by atoms with Crippen LogP contribution >= 0.6 is 11.8 Å². The summed E-state index contributed by atoms with van der Waals surface area (Å²) < 4.78 is 5.13. The molecule has 0 atom stereocenters. The van der Waals surface area contributed by atoms with Crippen LogP contribution in [0.4, 0.5) is 5.69 Å². The van der Waals surface area contributed by atoms with Crippen LogP contribution in [0.2, 0.25) is 0 Å². The zero-order valence-corrected chi connectivity index (χ0v) is 24.0. The minimum atomic E-state index is -0.169. The molecule has 3 aromatic rings. The number of likely N-dealkylation sites (tertiary alicyclic amines) is 1. The highest BCUT2D eigenvalue weighted by molar-refractivity contribution is 8.04. The second-order valence-electron chi connectivity index (χ2n) is 10.3. The first-order valence-corrected chi connectivity index (χ1v) is 14.6. The van der Waals surface area contributed by atoms with Crippen LogP contribution in [0.1, 0.15) is 52.4 Å². The van der Waals surface area contributed by atoms with Crippen LogP contribution in [0.3, 0.4) is 0 Å². The van der Waals surface area contributed by atoms with Crippen LogP contribution in [-0.2, 0) is 20.9 Å². The highest BCUT2D eigenvalue weighted by Crippen LogP contribution is 2.42. The van der Waals surface area contributed by atoms with E-state index in [-0.39, 0.29) is 23.7 Å². The van der Waals surface area contributed by atoms with Crippen LogP contribution in [0.25, 0.3) is 6.08 Å². The number of para-hydroxylation sites is 1. The number of piperidine rings is 1. The molecular formula is C33H34N2O4S. The summed E-state index contributed by atoms with van der Waals surface area (Å²) in [4.78, 5) is 44.2. The van der Waals surface area contributed by atoms with Gasteiger partial charge in [-0.25, -0.2) is 0 Å². The van der Waals surface area contributed by atoms with E-state index in [4.69, 9.17) is 4.74 Å². The van der Waals surface area contributed by atoms with Crippen molar-refractivity contribution in [2.75, 3.05) is 24.6 Å². The van der Waals surface area contributed by atoms with Crippen LogP contribution in [0.5, 0.6) is 0 Å². The zero-order valence-electron chi connectivity index (χ0n) is 23.2. The first-order valence-electron chi connectivity index (χ1n) is 13.8. The van der Waals surface area contributed by atoms with Gasteiger partial charge in [-0.1, -0.05) is 59.8 Å². The van der Waals surface area contributed by atoms with Crippen molar-refractivity contribution in [3.63, 3.8) is 0 Å². The number of thioether (sulfide) groups is 1. The summed E-state index contributed by atoms with van der Waals surface area (Å²) in [5.41, 5.74) is 5.83. The normalized spacial score (nSPS) is 16.7. The molecule has 0 unspecified atom stereocenters. The topological polar surface area (TPSA) is 66.9 Å². The Balaban J connectivity index is 1.32. The first-order chi connectivity index (χ1) is 19.3. The van der Waals surface area contributed by atoms with E-state index in [1.807, 2.05) is 59.5 Å². The van der Waals surface area contributed by atoms with Crippen molar-refractivity contribution in [1.29, 1.82) is 0 Å². The molecule has 0 spiro atoms. The molecular weight excluding hydrogens is 520 g/mol. The molecule has 40 heavy (non-hydrogen) atoms. The Kier molecular flexibility index (Phi) is 8.40. The van der Waals surface area contributed by atoms with Gasteiger partial charge in [0, 0.05) is 23.5 Å². The van der Waals surface area contributed by atoms with E-state index >= 15 is 0 Å². The Labute approximate surface area is 240 Å². The number of aryl methyl sites for hydroxylation is 2. The third-order valence-corrected chi connectivity index (χ3v) is 8.60. The fraction of sp³-hybridized carbons (Fsp3) is 0.303. The highest BCUT2D eigenvalue weighted by atomic mass is 32.2. The smallest absolute Gasteiger partial charge is 0.309 e. The van der Waals surface area contributed by atoms with Crippen molar-refractivity contribution in [2.45, 2.75) is 45.1 Å². The first kappa shape index (κ1) is 27.7. The SMILES string of the molecule is CCOC(=O)C1CCN(C(=O)c2ccc(/C=C3/Sc4ccccc4N(Cc4cc(C)ccc4C)C3=O)cc2)CC1. The minimum Gasteiger partial charge on any atom is -0.466 e. The maximum atomic E-state index is 13.7. The van der Waals surface area contributed by atoms with Crippen LogP contribution in [0.15, 0.2) is 76.5 Å². The number of hydrogen-bond acceptors (Lipinski definition) is 5. The number of amides is 2. The standard InChI is InChI=1S/C33H34N2O4S/c1-4-39-33(38)26-15-17-34(18-16-26)31(36)25-13-11-24(12-14-25)20-30-32(37)35(28-7-5-6-8-29(28)40-30)21-27-19-22(2)9-10-23(27)3/h5-14,19-20,26H,4,15-18,21H2,1-3H3/b30-20+. The van der Waals surface area contributed by atoms with Gasteiger partial charge in [-0.3, -0.25) is 14.4 Å². The summed E-state index contributed by atoms with van der Waals surface area (Å²) in [5.74, 6) is -0.382. The number of anilines is 1. The van der Waals surface area contributed by atoms with Gasteiger partial charge in [0.05, 0.1) is 29.7 Å². The lowest BCUT2D eigenvalue weighted by molar-refractivity contribution is -0.149. The number of carbonyl (C=O) groups is 3. The summed E-state index contributed by atoms with van der Waals surface area (Å²) in [6.07, 6.45) is 3.14. The Bertz CT molecular complexity index is 1460. The van der Waals surface area contributed by atoms with E-state index in [1.165, 1.54) is 17.3 Å². The fourth-order valence-electron chi connectivity index (χ4n) is 5.19. The van der Waals surface area contributed by atoms with Crippen LogP contribution in [-0.4, -0.2) is 42.4 Å². The molecule has 2 aliphatic heterocycles. The Morgan fingerprint density at radius 2 is 1.73 bits per heavy atom. The second kappa shape index (κ2) is 12.1. The molecule has 1 saturated heterocycles. The fourth-order valence-corrected chi connectivity index (χ4v) is 6.25. The highest BCUT2D eigenvalue weighted by Gasteiger charge is 2.30. The quantitative estimate of drug-likeness (QED) is 0.261. The summed E-state index contributed by atoms with van der Waals surface area (Å²) in [6, 6.07) is 21.7. The van der Waals surface area contributed by atoms with Gasteiger partial charge in [-0.15, -0.1) is 0 Å². The van der Waals surface area contributed by atoms with Crippen molar-refractivity contribution < 1.29 is 19.1 Å². The minimum absolute atomic E-state index is 0.0331. The molecule has 2 aliphatic rings. The number of carbonyl (C=O) groups excluding carboxylic acids is 3. The lowest BCUT2D eigenvalue weighted by atomic mass is 9.96. The molecule has 2 amide bonds. The van der Waals surface area contributed by atoms with Crippen molar-refractivity contribution in [2.24, 2.45) is 5.92 Å². The Hall–Kier alpha value is -3.84. The van der Waals surface area contributed by atoms with Gasteiger partial charge in [-0.2, -0.15) is 0 Å². The van der Waals surface area contributed by atoms with Gasteiger partial charge < -0.3 is 14.5 Å². The molecule has 0 N–H and O–H groups in total. The largest absolute Gasteiger partial charge is 0.466 e. The van der Waals surface area contributed by atoms with E-state index in [0.29, 0.717) is 49.6 Å². The average molecular weight is 555 g/mol. The predicted molar refractivity (Wildman–Crippen MR) is 159 cm³/mol. The van der Waals surface area contributed by atoms with Crippen LogP contribution < -0.4 is 4.90 Å². The van der Waals surface area contributed by atoms with Gasteiger partial charge in [0.15, 0.2) is 0 Å². The molecule has 0 bridgehead atoms. The molecule has 0 aromatic heterocycles. The lowest BCUT2D eigenvalue weighted by Crippen LogP contribution is -2.40. The molecule has 7 heteroatoms. The second-order valence-corrected chi connectivity index (χ2v) is 11.4. The maximum absolute atomic E-state index is 13.7. The summed E-state index contributed by atoms with van der Waals surface area (Å²) in [5, 5.41) is 0. The molecule has 6 nitrogen and oxygen atoms in total. The number of benzene rings is 3. The molecule has 1 fully saturated rings. The van der Waals surface area contributed by atoms with E-state index < -0.39 is 0 Å². The van der Waals surface area contributed by atoms with Crippen molar-refractivity contribution >= 4 is 41.3 Å². The maximum Gasteiger partial charge on any atom is 0.309 e. The number of ether oxygens (including phenoxy) is 1. The van der Waals surface area contributed by atoms with Gasteiger partial charge in [0.2, 0.25) is 0 Å². The molecule has 0 radical (unpaired) electrons. The molecule has 206 valence electrons. The van der Waals surface area contributed by atoms with Crippen molar-refractivity contribution in [3.8, 4) is 0 Å². The van der Waals surface area contributed by atoms with Crippen molar-refractivity contribution in [3.05, 3.63) is 99.5 Å². The third kappa shape index (κ3) is 5.99. The molecule has 5 rings (SSSR count). The van der Waals surface area contributed by atoms with Gasteiger partial charge >= 0.3 is 5.97 Å². The van der Waals surface area contributed by atoms with E-state index in [0.717, 1.165) is 27.3 Å². The van der Waals surface area contributed by atoms with Gasteiger partial charge in [-0.05, 0) is 80.6 Å². The molecule has 0 aliphatic carbocycles. The van der Waals surface area contributed by atoms with Crippen LogP contribution in [0, 0.1) is 19.8 Å². The molecule has 2 heterocycles. The third-order valence-electron chi connectivity index (χ3n) is 7.52. The summed E-state index contributed by atoms with van der Waals surface area (Å²) in [7, 11) is 0. The Morgan fingerprint density at radius 1 is 1.00 bits per heavy atom. The number of rotatable bonds is 6. The average Bonchev–Trinajstić information content (AvgIpc) is 2.97. The zero-order chi connectivity index (χ0) is 28.2. The number of hydrogen-bond donors (Lipinski definition) is 0. The van der Waals surface area contributed by atoms with E-state index in [1.54, 1.807) is 11.8 Å². The summed E-state index contributed by atoms with van der Waals surface area (Å²) >= 11 is 1.48. The lowest BCUT2D eigenvalue weighted by Gasteiger charge is -2.31.